The first-order chi connectivity index (χ1) is 10.1. The van der Waals surface area contributed by atoms with Crippen LogP contribution < -0.4 is 21.4 Å². The van der Waals surface area contributed by atoms with Gasteiger partial charge in [-0.2, -0.15) is 5.10 Å². The molecule has 2 rings (SSSR count). The molecule has 0 unspecified atom stereocenters. The molecule has 1 aromatic heterocycles. The summed E-state index contributed by atoms with van der Waals surface area (Å²) in [6.07, 6.45) is 1.52. The van der Waals surface area contributed by atoms with Gasteiger partial charge in [-0.3, -0.25) is 5.43 Å². The number of nitrogen functional groups attached to an aromatic ring is 1. The molecule has 110 valence electrons. The standard InChI is InChI=1S/C12H15BN4O3S/c1-2-20-10-4-3-9(13(18)19)5-8(10)6-15-17-12-16-11(14)7-21-12/h3-7,18-19H,2,14H2,1H3,(H,16,17). The van der Waals surface area contributed by atoms with Crippen LogP contribution in [0.3, 0.4) is 0 Å². The second-order valence-corrected chi connectivity index (χ2v) is 4.91. The number of nitrogens with zero attached hydrogens (tertiary/aromatic N) is 2. The topological polar surface area (TPSA) is 113 Å². The van der Waals surface area contributed by atoms with E-state index in [1.807, 2.05) is 6.92 Å². The van der Waals surface area contributed by atoms with Crippen LogP contribution in [0.4, 0.5) is 10.9 Å². The Labute approximate surface area is 126 Å². The second kappa shape index (κ2) is 7.07. The Kier molecular flexibility index (Phi) is 5.15. The number of nitrogens with two attached hydrogens (primary N) is 1. The highest BCUT2D eigenvalue weighted by molar-refractivity contribution is 7.14. The van der Waals surface area contributed by atoms with E-state index in [9.17, 15) is 10.0 Å². The Morgan fingerprint density at radius 2 is 2.33 bits per heavy atom. The Hall–Kier alpha value is -2.10. The Morgan fingerprint density at radius 3 is 2.95 bits per heavy atom. The summed E-state index contributed by atoms with van der Waals surface area (Å²) in [6, 6.07) is 4.85. The molecule has 0 radical (unpaired) electrons. The van der Waals surface area contributed by atoms with E-state index in [1.165, 1.54) is 17.6 Å². The van der Waals surface area contributed by atoms with Crippen molar-refractivity contribution < 1.29 is 14.8 Å². The number of nitrogens with one attached hydrogen (secondary N) is 1. The summed E-state index contributed by atoms with van der Waals surface area (Å²) in [7, 11) is -1.54. The molecule has 9 heteroatoms. The molecular formula is C12H15BN4O3S. The van der Waals surface area contributed by atoms with Gasteiger partial charge in [-0.15, -0.1) is 11.3 Å². The number of rotatable bonds is 6. The minimum atomic E-state index is -1.54. The summed E-state index contributed by atoms with van der Waals surface area (Å²) in [4.78, 5) is 4.01. The summed E-state index contributed by atoms with van der Waals surface area (Å²) in [6.45, 7) is 2.37. The highest BCUT2D eigenvalue weighted by atomic mass is 32.1. The van der Waals surface area contributed by atoms with Crippen molar-refractivity contribution >= 4 is 41.1 Å². The highest BCUT2D eigenvalue weighted by Crippen LogP contribution is 2.17. The third kappa shape index (κ3) is 4.18. The van der Waals surface area contributed by atoms with Crippen LogP contribution in [-0.2, 0) is 0 Å². The van der Waals surface area contributed by atoms with Crippen molar-refractivity contribution in [2.24, 2.45) is 5.10 Å². The van der Waals surface area contributed by atoms with Crippen LogP contribution in [0.1, 0.15) is 12.5 Å². The van der Waals surface area contributed by atoms with Crippen LogP contribution >= 0.6 is 11.3 Å². The lowest BCUT2D eigenvalue weighted by molar-refractivity contribution is 0.340. The molecule has 7 nitrogen and oxygen atoms in total. The zero-order valence-electron chi connectivity index (χ0n) is 11.4. The van der Waals surface area contributed by atoms with Crippen LogP contribution in [0.2, 0.25) is 0 Å². The first kappa shape index (κ1) is 15.3. The van der Waals surface area contributed by atoms with Gasteiger partial charge >= 0.3 is 7.12 Å². The van der Waals surface area contributed by atoms with Gasteiger partial charge in [0.2, 0.25) is 5.13 Å². The van der Waals surface area contributed by atoms with Crippen molar-refractivity contribution in [2.75, 3.05) is 17.8 Å². The zero-order chi connectivity index (χ0) is 15.2. The van der Waals surface area contributed by atoms with E-state index >= 15 is 0 Å². The molecule has 0 saturated carbocycles. The molecule has 0 saturated heterocycles. The lowest BCUT2D eigenvalue weighted by atomic mass is 9.79. The number of hydrogen-bond donors (Lipinski definition) is 4. The normalized spacial score (nSPS) is 10.8. The third-order valence-electron chi connectivity index (χ3n) is 2.52. The predicted molar refractivity (Wildman–Crippen MR) is 85.2 cm³/mol. The van der Waals surface area contributed by atoms with E-state index in [0.29, 0.717) is 34.3 Å². The zero-order valence-corrected chi connectivity index (χ0v) is 12.2. The number of aromatic nitrogens is 1. The van der Waals surface area contributed by atoms with Gasteiger partial charge in [0.15, 0.2) is 0 Å². The predicted octanol–water partition coefficient (Wildman–Crippen LogP) is 0.250. The van der Waals surface area contributed by atoms with Crippen LogP contribution in [0.25, 0.3) is 0 Å². The summed E-state index contributed by atoms with van der Waals surface area (Å²) in [5.74, 6) is 1.03. The molecule has 1 heterocycles. The molecular weight excluding hydrogens is 291 g/mol. The summed E-state index contributed by atoms with van der Waals surface area (Å²) in [5.41, 5.74) is 9.24. The fourth-order valence-electron chi connectivity index (χ4n) is 1.61. The number of hydrazone groups is 1. The Balaban J connectivity index is 2.17. The van der Waals surface area contributed by atoms with E-state index in [2.05, 4.69) is 15.5 Å². The minimum Gasteiger partial charge on any atom is -0.493 e. The number of anilines is 2. The van der Waals surface area contributed by atoms with E-state index in [0.717, 1.165) is 0 Å². The highest BCUT2D eigenvalue weighted by Gasteiger charge is 2.13. The molecule has 21 heavy (non-hydrogen) atoms. The molecule has 1 aromatic carbocycles. The van der Waals surface area contributed by atoms with Crippen molar-refractivity contribution in [3.05, 3.63) is 29.1 Å². The van der Waals surface area contributed by atoms with Gasteiger partial charge in [0.25, 0.3) is 0 Å². The van der Waals surface area contributed by atoms with Crippen molar-refractivity contribution in [3.8, 4) is 5.75 Å². The van der Waals surface area contributed by atoms with E-state index < -0.39 is 7.12 Å². The van der Waals surface area contributed by atoms with Gasteiger partial charge in [-0.1, -0.05) is 6.07 Å². The largest absolute Gasteiger partial charge is 0.493 e. The van der Waals surface area contributed by atoms with Gasteiger partial charge in [-0.25, -0.2) is 4.98 Å². The average Bonchev–Trinajstić information content (AvgIpc) is 2.86. The van der Waals surface area contributed by atoms with Gasteiger partial charge in [0.1, 0.15) is 11.6 Å². The van der Waals surface area contributed by atoms with Gasteiger partial charge < -0.3 is 20.5 Å². The van der Waals surface area contributed by atoms with E-state index in [-0.39, 0.29) is 0 Å². The van der Waals surface area contributed by atoms with Crippen LogP contribution in [0, 0.1) is 0 Å². The summed E-state index contributed by atoms with van der Waals surface area (Å²) in [5, 5.41) is 24.7. The Bertz CT molecular complexity index is 633. The van der Waals surface area contributed by atoms with Crippen molar-refractivity contribution in [3.63, 3.8) is 0 Å². The molecule has 0 spiro atoms. The van der Waals surface area contributed by atoms with Crippen molar-refractivity contribution in [1.82, 2.24) is 4.98 Å². The van der Waals surface area contributed by atoms with Crippen LogP contribution in [0.5, 0.6) is 5.75 Å². The molecule has 2 aromatic rings. The third-order valence-corrected chi connectivity index (χ3v) is 3.28. The fraction of sp³-hybridized carbons (Fsp3) is 0.167. The minimum absolute atomic E-state index is 0.360. The quantitative estimate of drug-likeness (QED) is 0.346. The molecule has 0 aliphatic heterocycles. The summed E-state index contributed by atoms with van der Waals surface area (Å²) < 4.78 is 5.46. The molecule has 5 N–H and O–H groups in total. The smallest absolute Gasteiger partial charge is 0.488 e. The number of thiazole rings is 1. The summed E-state index contributed by atoms with van der Waals surface area (Å²) >= 11 is 1.33. The van der Waals surface area contributed by atoms with Gasteiger partial charge in [0, 0.05) is 10.9 Å². The van der Waals surface area contributed by atoms with Crippen LogP contribution in [0.15, 0.2) is 28.7 Å². The molecule has 0 atom stereocenters. The SMILES string of the molecule is CCOc1ccc(B(O)O)cc1C=NNc1nc(N)cs1. The van der Waals surface area contributed by atoms with Crippen LogP contribution in [-0.4, -0.2) is 35.0 Å². The maximum Gasteiger partial charge on any atom is 0.488 e. The number of hydrogen-bond acceptors (Lipinski definition) is 8. The van der Waals surface area contributed by atoms with Gasteiger partial charge in [-0.05, 0) is 24.5 Å². The van der Waals surface area contributed by atoms with E-state index in [1.54, 1.807) is 23.6 Å². The monoisotopic (exact) mass is 306 g/mol. The van der Waals surface area contributed by atoms with E-state index in [4.69, 9.17) is 10.5 Å². The maximum absolute atomic E-state index is 9.21. The average molecular weight is 306 g/mol. The second-order valence-electron chi connectivity index (χ2n) is 4.05. The van der Waals surface area contributed by atoms with Crippen molar-refractivity contribution in [2.45, 2.75) is 6.92 Å². The molecule has 0 aliphatic carbocycles. The molecule has 0 bridgehead atoms. The fourth-order valence-corrected chi connectivity index (χ4v) is 2.16. The lowest BCUT2D eigenvalue weighted by Crippen LogP contribution is -2.30. The lowest BCUT2D eigenvalue weighted by Gasteiger charge is -2.08. The molecule has 0 aliphatic rings. The first-order valence-electron chi connectivity index (χ1n) is 6.23. The van der Waals surface area contributed by atoms with Gasteiger partial charge in [0.05, 0.1) is 12.8 Å². The molecule has 0 amide bonds. The molecule has 0 fully saturated rings. The maximum atomic E-state index is 9.21. The first-order valence-corrected chi connectivity index (χ1v) is 7.11. The number of ether oxygens (including phenoxy) is 1. The Morgan fingerprint density at radius 1 is 1.52 bits per heavy atom. The van der Waals surface area contributed by atoms with Crippen molar-refractivity contribution in [1.29, 1.82) is 0 Å². The number of benzene rings is 1.